The van der Waals surface area contributed by atoms with Crippen molar-refractivity contribution in [2.75, 3.05) is 12.4 Å². The van der Waals surface area contributed by atoms with Gasteiger partial charge >= 0.3 is 6.03 Å². The van der Waals surface area contributed by atoms with Crippen LogP contribution in [-0.2, 0) is 17.9 Å². The van der Waals surface area contributed by atoms with Crippen LogP contribution in [0.15, 0.2) is 48.5 Å². The summed E-state index contributed by atoms with van der Waals surface area (Å²) in [6.07, 6.45) is 0. The second-order valence-corrected chi connectivity index (χ2v) is 4.88. The molecule has 0 spiro atoms. The van der Waals surface area contributed by atoms with Crippen molar-refractivity contribution in [1.29, 1.82) is 0 Å². The molecule has 0 aliphatic heterocycles. The van der Waals surface area contributed by atoms with Gasteiger partial charge in [0, 0.05) is 19.3 Å². The number of hydrogen-bond donors (Lipinski definition) is 2. The number of carbonyl (C=O) groups is 1. The van der Waals surface area contributed by atoms with E-state index in [0.717, 1.165) is 22.4 Å². The molecule has 4 heteroatoms. The number of aryl methyl sites for hydroxylation is 1. The number of hydrogen-bond acceptors (Lipinski definition) is 2. The molecule has 2 amide bonds. The number of ether oxygens (including phenoxy) is 1. The number of nitrogens with one attached hydrogen (secondary N) is 2. The van der Waals surface area contributed by atoms with Gasteiger partial charge in [0.05, 0.1) is 6.61 Å². The molecule has 0 fully saturated rings. The van der Waals surface area contributed by atoms with E-state index in [-0.39, 0.29) is 6.03 Å². The SMILES string of the molecule is COCc1ccccc1CNC(=O)Nc1cccc(C)c1. The van der Waals surface area contributed by atoms with Gasteiger partial charge in [0.2, 0.25) is 0 Å². The first-order valence-corrected chi connectivity index (χ1v) is 6.86. The highest BCUT2D eigenvalue weighted by Crippen LogP contribution is 2.11. The Labute approximate surface area is 125 Å². The van der Waals surface area contributed by atoms with Crippen molar-refractivity contribution in [3.05, 3.63) is 65.2 Å². The summed E-state index contributed by atoms with van der Waals surface area (Å²) in [5, 5.41) is 5.68. The monoisotopic (exact) mass is 284 g/mol. The van der Waals surface area contributed by atoms with E-state index in [9.17, 15) is 4.79 Å². The lowest BCUT2D eigenvalue weighted by Gasteiger charge is -2.11. The summed E-state index contributed by atoms with van der Waals surface area (Å²) in [7, 11) is 1.66. The van der Waals surface area contributed by atoms with Crippen molar-refractivity contribution in [2.24, 2.45) is 0 Å². The van der Waals surface area contributed by atoms with Crippen LogP contribution in [0.4, 0.5) is 10.5 Å². The molecule has 0 bridgehead atoms. The van der Waals surface area contributed by atoms with Crippen LogP contribution in [0.25, 0.3) is 0 Å². The van der Waals surface area contributed by atoms with Crippen molar-refractivity contribution in [3.63, 3.8) is 0 Å². The molecular formula is C17H20N2O2. The van der Waals surface area contributed by atoms with E-state index in [1.807, 2.05) is 55.5 Å². The lowest BCUT2D eigenvalue weighted by Crippen LogP contribution is -2.28. The van der Waals surface area contributed by atoms with Gasteiger partial charge in [-0.3, -0.25) is 0 Å². The zero-order valence-electron chi connectivity index (χ0n) is 12.3. The molecule has 110 valence electrons. The highest BCUT2D eigenvalue weighted by molar-refractivity contribution is 5.89. The van der Waals surface area contributed by atoms with Crippen LogP contribution in [0.2, 0.25) is 0 Å². The summed E-state index contributed by atoms with van der Waals surface area (Å²) in [5.74, 6) is 0. The Morgan fingerprint density at radius 1 is 1.10 bits per heavy atom. The minimum Gasteiger partial charge on any atom is -0.380 e. The van der Waals surface area contributed by atoms with Crippen LogP contribution in [0.1, 0.15) is 16.7 Å². The van der Waals surface area contributed by atoms with E-state index in [0.29, 0.717) is 13.2 Å². The fourth-order valence-corrected chi connectivity index (χ4v) is 2.10. The topological polar surface area (TPSA) is 50.4 Å². The molecule has 0 saturated carbocycles. The third kappa shape index (κ3) is 4.61. The highest BCUT2D eigenvalue weighted by atomic mass is 16.5. The summed E-state index contributed by atoms with van der Waals surface area (Å²) >= 11 is 0. The maximum atomic E-state index is 11.9. The fourth-order valence-electron chi connectivity index (χ4n) is 2.10. The second-order valence-electron chi connectivity index (χ2n) is 4.88. The van der Waals surface area contributed by atoms with Crippen molar-refractivity contribution in [2.45, 2.75) is 20.1 Å². The zero-order chi connectivity index (χ0) is 15.1. The van der Waals surface area contributed by atoms with Gasteiger partial charge in [0.25, 0.3) is 0 Å². The predicted molar refractivity (Wildman–Crippen MR) is 84.2 cm³/mol. The Balaban J connectivity index is 1.92. The first-order valence-electron chi connectivity index (χ1n) is 6.86. The third-order valence-corrected chi connectivity index (χ3v) is 3.13. The molecule has 0 aliphatic carbocycles. The third-order valence-electron chi connectivity index (χ3n) is 3.13. The van der Waals surface area contributed by atoms with Gasteiger partial charge in [0.1, 0.15) is 0 Å². The molecule has 2 aromatic carbocycles. The van der Waals surface area contributed by atoms with Gasteiger partial charge in [0.15, 0.2) is 0 Å². The smallest absolute Gasteiger partial charge is 0.319 e. The summed E-state index contributed by atoms with van der Waals surface area (Å²) < 4.78 is 5.16. The summed E-state index contributed by atoms with van der Waals surface area (Å²) in [4.78, 5) is 11.9. The molecule has 0 saturated heterocycles. The molecule has 0 atom stereocenters. The van der Waals surface area contributed by atoms with Crippen molar-refractivity contribution in [3.8, 4) is 0 Å². The molecule has 2 aromatic rings. The highest BCUT2D eigenvalue weighted by Gasteiger charge is 2.05. The Kier molecular flexibility index (Phi) is 5.35. The van der Waals surface area contributed by atoms with E-state index >= 15 is 0 Å². The lowest BCUT2D eigenvalue weighted by molar-refractivity contribution is 0.184. The summed E-state index contributed by atoms with van der Waals surface area (Å²) in [5.41, 5.74) is 4.03. The van der Waals surface area contributed by atoms with Gasteiger partial charge in [-0.25, -0.2) is 4.79 Å². The van der Waals surface area contributed by atoms with E-state index in [2.05, 4.69) is 10.6 Å². The number of benzene rings is 2. The summed E-state index contributed by atoms with van der Waals surface area (Å²) in [6.45, 7) is 3.00. The first-order chi connectivity index (χ1) is 10.2. The Bertz CT molecular complexity index is 611. The molecule has 0 aromatic heterocycles. The molecule has 2 N–H and O–H groups in total. The first kappa shape index (κ1) is 15.1. The molecule has 0 unspecified atom stereocenters. The summed E-state index contributed by atoms with van der Waals surface area (Å²) in [6, 6.07) is 15.4. The number of methoxy groups -OCH3 is 1. The molecule has 0 heterocycles. The molecule has 0 radical (unpaired) electrons. The van der Waals surface area contributed by atoms with E-state index < -0.39 is 0 Å². The zero-order valence-corrected chi connectivity index (χ0v) is 12.3. The van der Waals surface area contributed by atoms with Crippen LogP contribution >= 0.6 is 0 Å². The minimum atomic E-state index is -0.215. The van der Waals surface area contributed by atoms with Crippen LogP contribution in [0, 0.1) is 6.92 Å². The average Bonchev–Trinajstić information content (AvgIpc) is 2.47. The van der Waals surface area contributed by atoms with Crippen molar-refractivity contribution < 1.29 is 9.53 Å². The lowest BCUT2D eigenvalue weighted by atomic mass is 10.1. The van der Waals surface area contributed by atoms with Gasteiger partial charge in [-0.05, 0) is 35.7 Å². The van der Waals surface area contributed by atoms with E-state index in [1.54, 1.807) is 7.11 Å². The average molecular weight is 284 g/mol. The van der Waals surface area contributed by atoms with Gasteiger partial charge in [-0.1, -0.05) is 36.4 Å². The number of rotatable bonds is 5. The van der Waals surface area contributed by atoms with E-state index in [1.165, 1.54) is 0 Å². The number of anilines is 1. The maximum Gasteiger partial charge on any atom is 0.319 e. The quantitative estimate of drug-likeness (QED) is 0.883. The Hall–Kier alpha value is -2.33. The molecular weight excluding hydrogens is 264 g/mol. The standard InChI is InChI=1S/C17H20N2O2/c1-13-6-5-9-16(10-13)19-17(20)18-11-14-7-3-4-8-15(14)12-21-2/h3-10H,11-12H2,1-2H3,(H2,18,19,20). The molecule has 4 nitrogen and oxygen atoms in total. The van der Waals surface area contributed by atoms with Crippen LogP contribution < -0.4 is 10.6 Å². The van der Waals surface area contributed by atoms with Crippen molar-refractivity contribution >= 4 is 11.7 Å². The number of carbonyl (C=O) groups excluding carboxylic acids is 1. The predicted octanol–water partition coefficient (Wildman–Crippen LogP) is 3.46. The minimum absolute atomic E-state index is 0.215. The molecule has 2 rings (SSSR count). The number of urea groups is 1. The van der Waals surface area contributed by atoms with Gasteiger partial charge in [-0.15, -0.1) is 0 Å². The van der Waals surface area contributed by atoms with E-state index in [4.69, 9.17) is 4.74 Å². The molecule has 0 aliphatic rings. The normalized spacial score (nSPS) is 10.2. The number of amides is 2. The fraction of sp³-hybridized carbons (Fsp3) is 0.235. The maximum absolute atomic E-state index is 11.9. The Morgan fingerprint density at radius 2 is 1.86 bits per heavy atom. The van der Waals surface area contributed by atoms with Gasteiger partial charge < -0.3 is 15.4 Å². The van der Waals surface area contributed by atoms with Crippen LogP contribution in [-0.4, -0.2) is 13.1 Å². The Morgan fingerprint density at radius 3 is 2.57 bits per heavy atom. The second kappa shape index (κ2) is 7.45. The van der Waals surface area contributed by atoms with Crippen LogP contribution in [0.3, 0.4) is 0 Å². The van der Waals surface area contributed by atoms with Crippen LogP contribution in [0.5, 0.6) is 0 Å². The van der Waals surface area contributed by atoms with Gasteiger partial charge in [-0.2, -0.15) is 0 Å². The van der Waals surface area contributed by atoms with Crippen molar-refractivity contribution in [1.82, 2.24) is 5.32 Å². The molecule has 21 heavy (non-hydrogen) atoms. The largest absolute Gasteiger partial charge is 0.380 e.